The van der Waals surface area contributed by atoms with Gasteiger partial charge in [0.05, 0.1) is 16.2 Å². The minimum absolute atomic E-state index is 0.452. The Balaban J connectivity index is 3.16. The van der Waals surface area contributed by atoms with E-state index in [1.807, 2.05) is 6.92 Å². The summed E-state index contributed by atoms with van der Waals surface area (Å²) in [4.78, 5) is -0.700. The molecule has 0 heterocycles. The van der Waals surface area contributed by atoms with Crippen LogP contribution in [0.1, 0.15) is 25.3 Å². The molecule has 1 aromatic rings. The first kappa shape index (κ1) is 16.0. The summed E-state index contributed by atoms with van der Waals surface area (Å²) in [5.74, 6) is -0.478. The van der Waals surface area contributed by atoms with Crippen LogP contribution in [0.3, 0.4) is 0 Å². The fraction of sp³-hybridized carbons (Fsp3) is 0.500. The van der Waals surface area contributed by atoms with Crippen molar-refractivity contribution in [1.29, 1.82) is 0 Å². The zero-order valence-electron chi connectivity index (χ0n) is 10.4. The average molecular weight is 295 g/mol. The molecule has 0 amide bonds. The number of nitrogens with two attached hydrogens (primary N) is 1. The third kappa shape index (κ3) is 4.21. The van der Waals surface area contributed by atoms with Crippen LogP contribution < -0.4 is 5.73 Å². The highest BCUT2D eigenvalue weighted by molar-refractivity contribution is 7.91. The van der Waals surface area contributed by atoms with Crippen molar-refractivity contribution < 1.29 is 21.6 Å². The van der Waals surface area contributed by atoms with Crippen LogP contribution in [-0.2, 0) is 16.0 Å². The molecule has 1 rings (SSSR count). The summed E-state index contributed by atoms with van der Waals surface area (Å²) in [7, 11) is -4.04. The van der Waals surface area contributed by atoms with Gasteiger partial charge in [-0.25, -0.2) is 8.42 Å². The summed E-state index contributed by atoms with van der Waals surface area (Å²) in [6, 6.07) is 3.51. The molecule has 0 aliphatic carbocycles. The first-order chi connectivity index (χ1) is 8.68. The van der Waals surface area contributed by atoms with E-state index in [1.165, 1.54) is 6.07 Å². The zero-order chi connectivity index (χ0) is 14.7. The molecule has 0 fully saturated rings. The lowest BCUT2D eigenvalue weighted by atomic mass is 10.2. The van der Waals surface area contributed by atoms with Gasteiger partial charge >= 0.3 is 6.18 Å². The molecule has 0 radical (unpaired) electrons. The number of benzene rings is 1. The first-order valence-corrected chi connectivity index (χ1v) is 7.48. The van der Waals surface area contributed by atoms with E-state index in [0.29, 0.717) is 12.8 Å². The second kappa shape index (κ2) is 5.92. The SMILES string of the molecule is CCCC(N)CS(=O)(=O)c1ccccc1C(F)(F)F. The van der Waals surface area contributed by atoms with Gasteiger partial charge in [0.1, 0.15) is 0 Å². The van der Waals surface area contributed by atoms with Crippen LogP contribution in [-0.4, -0.2) is 20.2 Å². The topological polar surface area (TPSA) is 60.2 Å². The van der Waals surface area contributed by atoms with Crippen LogP contribution in [0.15, 0.2) is 29.2 Å². The second-order valence-corrected chi connectivity index (χ2v) is 6.33. The molecule has 7 heteroatoms. The standard InChI is InChI=1S/C12H16F3NO2S/c1-2-5-9(16)8-19(17,18)11-7-4-3-6-10(11)12(13,14)15/h3-4,6-7,9H,2,5,8,16H2,1H3. The Labute approximate surface area is 110 Å². The zero-order valence-corrected chi connectivity index (χ0v) is 11.3. The van der Waals surface area contributed by atoms with Gasteiger partial charge in [0.2, 0.25) is 0 Å². The predicted molar refractivity (Wildman–Crippen MR) is 66.4 cm³/mol. The smallest absolute Gasteiger partial charge is 0.327 e. The van der Waals surface area contributed by atoms with Gasteiger partial charge < -0.3 is 5.73 Å². The van der Waals surface area contributed by atoms with Gasteiger partial charge in [-0.15, -0.1) is 0 Å². The van der Waals surface area contributed by atoms with Crippen molar-refractivity contribution >= 4 is 9.84 Å². The Morgan fingerprint density at radius 1 is 1.26 bits per heavy atom. The number of sulfone groups is 1. The monoisotopic (exact) mass is 295 g/mol. The Hall–Kier alpha value is -1.08. The molecular formula is C12H16F3NO2S. The lowest BCUT2D eigenvalue weighted by Gasteiger charge is -2.15. The predicted octanol–water partition coefficient (Wildman–Crippen LogP) is 2.61. The molecule has 0 bridgehead atoms. The second-order valence-electron chi connectivity index (χ2n) is 4.32. The molecule has 1 atom stereocenters. The van der Waals surface area contributed by atoms with E-state index in [2.05, 4.69) is 0 Å². The number of hydrogen-bond donors (Lipinski definition) is 1. The normalized spacial score (nSPS) is 14.4. The molecule has 0 aliphatic rings. The van der Waals surface area contributed by atoms with Crippen molar-refractivity contribution in [2.45, 2.75) is 36.9 Å². The molecule has 0 saturated carbocycles. The van der Waals surface area contributed by atoms with Gasteiger partial charge in [0, 0.05) is 6.04 Å². The van der Waals surface area contributed by atoms with Crippen LogP contribution in [0.2, 0.25) is 0 Å². The van der Waals surface area contributed by atoms with E-state index in [9.17, 15) is 21.6 Å². The summed E-state index contributed by atoms with van der Waals surface area (Å²) in [6.45, 7) is 1.83. The molecule has 0 saturated heterocycles. The molecule has 0 aliphatic heterocycles. The van der Waals surface area contributed by atoms with Gasteiger partial charge in [-0.1, -0.05) is 25.5 Å². The molecule has 1 unspecified atom stereocenters. The fourth-order valence-electron chi connectivity index (χ4n) is 1.80. The maximum Gasteiger partial charge on any atom is 0.417 e. The van der Waals surface area contributed by atoms with E-state index >= 15 is 0 Å². The summed E-state index contributed by atoms with van der Waals surface area (Å²) < 4.78 is 62.3. The Kier molecular flexibility index (Phi) is 4.98. The van der Waals surface area contributed by atoms with Crippen molar-refractivity contribution in [2.75, 3.05) is 5.75 Å². The van der Waals surface area contributed by atoms with E-state index in [4.69, 9.17) is 5.73 Å². The van der Waals surface area contributed by atoms with Crippen LogP contribution in [0.4, 0.5) is 13.2 Å². The minimum atomic E-state index is -4.70. The van der Waals surface area contributed by atoms with Crippen molar-refractivity contribution in [2.24, 2.45) is 5.73 Å². The molecule has 1 aromatic carbocycles. The number of rotatable bonds is 5. The Morgan fingerprint density at radius 2 is 1.84 bits per heavy atom. The number of halogens is 3. The van der Waals surface area contributed by atoms with Crippen LogP contribution in [0.5, 0.6) is 0 Å². The van der Waals surface area contributed by atoms with E-state index in [1.54, 1.807) is 0 Å². The van der Waals surface area contributed by atoms with Gasteiger partial charge in [-0.2, -0.15) is 13.2 Å². The lowest BCUT2D eigenvalue weighted by Crippen LogP contribution is -2.30. The Bertz CT molecular complexity index is 526. The largest absolute Gasteiger partial charge is 0.417 e. The molecule has 0 aromatic heterocycles. The van der Waals surface area contributed by atoms with Crippen LogP contribution in [0, 0.1) is 0 Å². The third-order valence-corrected chi connectivity index (χ3v) is 4.51. The van der Waals surface area contributed by atoms with Gasteiger partial charge in [-0.05, 0) is 18.6 Å². The van der Waals surface area contributed by atoms with Crippen LogP contribution >= 0.6 is 0 Å². The average Bonchev–Trinajstić information content (AvgIpc) is 2.27. The molecule has 108 valence electrons. The van der Waals surface area contributed by atoms with E-state index < -0.39 is 38.3 Å². The highest BCUT2D eigenvalue weighted by Gasteiger charge is 2.37. The lowest BCUT2D eigenvalue weighted by molar-refractivity contribution is -0.139. The van der Waals surface area contributed by atoms with Crippen molar-refractivity contribution in [1.82, 2.24) is 0 Å². The maximum atomic E-state index is 12.8. The van der Waals surface area contributed by atoms with Gasteiger partial charge in [0.25, 0.3) is 0 Å². The van der Waals surface area contributed by atoms with Crippen molar-refractivity contribution in [3.8, 4) is 0 Å². The molecule has 0 spiro atoms. The molecule has 2 N–H and O–H groups in total. The fourth-order valence-corrected chi connectivity index (χ4v) is 3.51. The van der Waals surface area contributed by atoms with E-state index in [0.717, 1.165) is 18.2 Å². The Morgan fingerprint density at radius 3 is 2.37 bits per heavy atom. The summed E-state index contributed by atoms with van der Waals surface area (Å²) >= 11 is 0. The minimum Gasteiger partial charge on any atom is -0.327 e. The third-order valence-electron chi connectivity index (χ3n) is 2.62. The maximum absolute atomic E-state index is 12.8. The van der Waals surface area contributed by atoms with Gasteiger partial charge in [-0.3, -0.25) is 0 Å². The van der Waals surface area contributed by atoms with Crippen molar-refractivity contribution in [3.05, 3.63) is 29.8 Å². The molecular weight excluding hydrogens is 279 g/mol. The van der Waals surface area contributed by atoms with Crippen LogP contribution in [0.25, 0.3) is 0 Å². The summed E-state index contributed by atoms with van der Waals surface area (Å²) in [5, 5.41) is 0. The molecule has 19 heavy (non-hydrogen) atoms. The number of hydrogen-bond acceptors (Lipinski definition) is 3. The molecule has 3 nitrogen and oxygen atoms in total. The highest BCUT2D eigenvalue weighted by atomic mass is 32.2. The highest BCUT2D eigenvalue weighted by Crippen LogP contribution is 2.34. The van der Waals surface area contributed by atoms with Crippen molar-refractivity contribution in [3.63, 3.8) is 0 Å². The van der Waals surface area contributed by atoms with Gasteiger partial charge in [0.15, 0.2) is 9.84 Å². The number of alkyl halides is 3. The summed E-state index contributed by atoms with van der Waals surface area (Å²) in [5.41, 5.74) is 4.47. The first-order valence-electron chi connectivity index (χ1n) is 5.83. The quantitative estimate of drug-likeness (QED) is 0.908. The van der Waals surface area contributed by atoms with E-state index in [-0.39, 0.29) is 0 Å². The summed E-state index contributed by atoms with van der Waals surface area (Å²) in [6.07, 6.45) is -3.57.